The van der Waals surface area contributed by atoms with Crippen molar-refractivity contribution in [2.75, 3.05) is 31.1 Å². The van der Waals surface area contributed by atoms with Crippen LogP contribution in [0.3, 0.4) is 0 Å². The van der Waals surface area contributed by atoms with Gasteiger partial charge in [0.2, 0.25) is 0 Å². The topological polar surface area (TPSA) is 32.5 Å². The van der Waals surface area contributed by atoms with E-state index in [1.807, 2.05) is 17.0 Å². The first-order chi connectivity index (χ1) is 11.2. The molecular weight excluding hydrogens is 296 g/mol. The Labute approximate surface area is 135 Å². The molecule has 0 spiro atoms. The Bertz CT molecular complexity index is 667. The van der Waals surface area contributed by atoms with Crippen molar-refractivity contribution in [1.29, 1.82) is 0 Å². The number of rotatable bonds is 4. The molecule has 0 unspecified atom stereocenters. The van der Waals surface area contributed by atoms with Crippen LogP contribution in [0.25, 0.3) is 0 Å². The van der Waals surface area contributed by atoms with Crippen molar-refractivity contribution in [3.05, 3.63) is 65.2 Å². The maximum absolute atomic E-state index is 13.9. The van der Waals surface area contributed by atoms with E-state index in [1.54, 1.807) is 0 Å². The third-order valence-electron chi connectivity index (χ3n) is 4.26. The van der Waals surface area contributed by atoms with Crippen LogP contribution in [0.5, 0.6) is 0 Å². The van der Waals surface area contributed by atoms with Crippen LogP contribution in [0.2, 0.25) is 0 Å². The Kier molecular flexibility index (Phi) is 4.88. The minimum absolute atomic E-state index is 0.483. The lowest BCUT2D eigenvalue weighted by atomic mass is 10.1. The SMILES string of the molecule is NCc1cccc(CN2CCN(c3ccc(F)cc3F)CC2)c1. The second-order valence-electron chi connectivity index (χ2n) is 5.88. The van der Waals surface area contributed by atoms with Crippen LogP contribution >= 0.6 is 0 Å². The van der Waals surface area contributed by atoms with Gasteiger partial charge in [-0.05, 0) is 23.3 Å². The number of anilines is 1. The van der Waals surface area contributed by atoms with Crippen LogP contribution in [0.1, 0.15) is 11.1 Å². The Morgan fingerprint density at radius 1 is 0.913 bits per heavy atom. The average molecular weight is 317 g/mol. The van der Waals surface area contributed by atoms with Gasteiger partial charge in [0.25, 0.3) is 0 Å². The molecule has 5 heteroatoms. The quantitative estimate of drug-likeness (QED) is 0.941. The zero-order valence-electron chi connectivity index (χ0n) is 13.0. The van der Waals surface area contributed by atoms with Gasteiger partial charge < -0.3 is 10.6 Å². The van der Waals surface area contributed by atoms with Crippen molar-refractivity contribution in [1.82, 2.24) is 4.90 Å². The molecule has 0 amide bonds. The van der Waals surface area contributed by atoms with Crippen LogP contribution in [0.4, 0.5) is 14.5 Å². The van der Waals surface area contributed by atoms with Gasteiger partial charge in [-0.1, -0.05) is 24.3 Å². The summed E-state index contributed by atoms with van der Waals surface area (Å²) >= 11 is 0. The molecule has 2 aromatic rings. The molecule has 1 aliphatic rings. The molecule has 0 atom stereocenters. The van der Waals surface area contributed by atoms with Gasteiger partial charge in [-0.2, -0.15) is 0 Å². The minimum atomic E-state index is -0.537. The molecule has 0 saturated carbocycles. The van der Waals surface area contributed by atoms with E-state index in [9.17, 15) is 8.78 Å². The molecule has 3 rings (SSSR count). The van der Waals surface area contributed by atoms with Gasteiger partial charge in [-0.15, -0.1) is 0 Å². The summed E-state index contributed by atoms with van der Waals surface area (Å²) in [5.41, 5.74) is 8.54. The van der Waals surface area contributed by atoms with E-state index in [0.717, 1.165) is 44.4 Å². The van der Waals surface area contributed by atoms with Crippen LogP contribution in [-0.4, -0.2) is 31.1 Å². The highest BCUT2D eigenvalue weighted by Crippen LogP contribution is 2.22. The smallest absolute Gasteiger partial charge is 0.149 e. The molecule has 1 heterocycles. The van der Waals surface area contributed by atoms with Crippen LogP contribution < -0.4 is 10.6 Å². The molecule has 122 valence electrons. The van der Waals surface area contributed by atoms with Crippen molar-refractivity contribution in [2.24, 2.45) is 5.73 Å². The Balaban J connectivity index is 1.59. The minimum Gasteiger partial charge on any atom is -0.367 e. The summed E-state index contributed by atoms with van der Waals surface area (Å²) in [5, 5.41) is 0. The van der Waals surface area contributed by atoms with Crippen molar-refractivity contribution >= 4 is 5.69 Å². The van der Waals surface area contributed by atoms with E-state index in [1.165, 1.54) is 17.7 Å². The van der Waals surface area contributed by atoms with Gasteiger partial charge in [-0.3, -0.25) is 4.90 Å². The fraction of sp³-hybridized carbons (Fsp3) is 0.333. The number of halogens is 2. The zero-order chi connectivity index (χ0) is 16.2. The summed E-state index contributed by atoms with van der Waals surface area (Å²) in [7, 11) is 0. The van der Waals surface area contributed by atoms with Crippen molar-refractivity contribution < 1.29 is 8.78 Å². The maximum atomic E-state index is 13.9. The van der Waals surface area contributed by atoms with Gasteiger partial charge in [-0.25, -0.2) is 8.78 Å². The van der Waals surface area contributed by atoms with Gasteiger partial charge in [0.15, 0.2) is 0 Å². The van der Waals surface area contributed by atoms with Crippen molar-refractivity contribution in [3.8, 4) is 0 Å². The zero-order valence-corrected chi connectivity index (χ0v) is 13.0. The summed E-state index contributed by atoms with van der Waals surface area (Å²) in [6.45, 7) is 4.59. The van der Waals surface area contributed by atoms with E-state index in [2.05, 4.69) is 17.0 Å². The third kappa shape index (κ3) is 3.86. The second kappa shape index (κ2) is 7.06. The number of nitrogens with two attached hydrogens (primary N) is 1. The first-order valence-corrected chi connectivity index (χ1v) is 7.86. The van der Waals surface area contributed by atoms with E-state index >= 15 is 0 Å². The van der Waals surface area contributed by atoms with Crippen LogP contribution in [0.15, 0.2) is 42.5 Å². The number of nitrogens with zero attached hydrogens (tertiary/aromatic N) is 2. The standard InChI is InChI=1S/C18H21F2N3/c19-16-4-5-18(17(20)11-16)23-8-6-22(7-9-23)13-15-3-1-2-14(10-15)12-21/h1-5,10-11H,6-9,12-13,21H2. The molecule has 0 aliphatic carbocycles. The van der Waals surface area contributed by atoms with E-state index in [0.29, 0.717) is 12.2 Å². The molecule has 0 radical (unpaired) electrons. The lowest BCUT2D eigenvalue weighted by Crippen LogP contribution is -2.46. The lowest BCUT2D eigenvalue weighted by molar-refractivity contribution is 0.249. The Hall–Kier alpha value is -1.98. The van der Waals surface area contributed by atoms with Gasteiger partial charge in [0.1, 0.15) is 11.6 Å². The van der Waals surface area contributed by atoms with E-state index < -0.39 is 11.6 Å². The maximum Gasteiger partial charge on any atom is 0.149 e. The average Bonchev–Trinajstić information content (AvgIpc) is 2.56. The normalized spacial score (nSPS) is 15.9. The Morgan fingerprint density at radius 2 is 1.65 bits per heavy atom. The first kappa shape index (κ1) is 15.9. The molecule has 0 bridgehead atoms. The monoisotopic (exact) mass is 317 g/mol. The lowest BCUT2D eigenvalue weighted by Gasteiger charge is -2.36. The number of piperazine rings is 1. The fourth-order valence-electron chi connectivity index (χ4n) is 3.00. The molecule has 1 fully saturated rings. The fourth-order valence-corrected chi connectivity index (χ4v) is 3.00. The van der Waals surface area contributed by atoms with Gasteiger partial charge in [0, 0.05) is 45.3 Å². The van der Waals surface area contributed by atoms with E-state index in [-0.39, 0.29) is 0 Å². The summed E-state index contributed by atoms with van der Waals surface area (Å²) in [5.74, 6) is -1.03. The molecule has 0 aromatic heterocycles. The van der Waals surface area contributed by atoms with Crippen LogP contribution in [0, 0.1) is 11.6 Å². The summed E-state index contributed by atoms with van der Waals surface area (Å²) in [6.07, 6.45) is 0. The molecule has 1 aliphatic heterocycles. The molecule has 23 heavy (non-hydrogen) atoms. The highest BCUT2D eigenvalue weighted by molar-refractivity contribution is 5.48. The largest absolute Gasteiger partial charge is 0.367 e. The number of benzene rings is 2. The van der Waals surface area contributed by atoms with Gasteiger partial charge in [0.05, 0.1) is 5.69 Å². The van der Waals surface area contributed by atoms with Gasteiger partial charge >= 0.3 is 0 Å². The highest BCUT2D eigenvalue weighted by atomic mass is 19.1. The van der Waals surface area contributed by atoms with Crippen molar-refractivity contribution in [3.63, 3.8) is 0 Å². The Morgan fingerprint density at radius 3 is 2.35 bits per heavy atom. The predicted octanol–water partition coefficient (Wildman–Crippen LogP) is 2.75. The third-order valence-corrected chi connectivity index (χ3v) is 4.26. The molecule has 1 saturated heterocycles. The second-order valence-corrected chi connectivity index (χ2v) is 5.88. The first-order valence-electron chi connectivity index (χ1n) is 7.86. The molecule has 2 N–H and O–H groups in total. The number of hydrogen-bond acceptors (Lipinski definition) is 3. The summed E-state index contributed by atoms with van der Waals surface area (Å²) < 4.78 is 26.9. The highest BCUT2D eigenvalue weighted by Gasteiger charge is 2.19. The number of hydrogen-bond donors (Lipinski definition) is 1. The van der Waals surface area contributed by atoms with Crippen molar-refractivity contribution in [2.45, 2.75) is 13.1 Å². The van der Waals surface area contributed by atoms with E-state index in [4.69, 9.17) is 5.73 Å². The summed E-state index contributed by atoms with van der Waals surface area (Å²) in [6, 6.07) is 12.1. The van der Waals surface area contributed by atoms with Crippen LogP contribution in [-0.2, 0) is 13.1 Å². The molecular formula is C18H21F2N3. The molecule has 3 nitrogen and oxygen atoms in total. The summed E-state index contributed by atoms with van der Waals surface area (Å²) in [4.78, 5) is 4.31. The molecule has 2 aromatic carbocycles. The predicted molar refractivity (Wildman–Crippen MR) is 88.2 cm³/mol.